The number of likely N-dealkylation sites (tertiary alicyclic amines) is 1. The van der Waals surface area contributed by atoms with Crippen LogP contribution in [0, 0.1) is 11.7 Å². The molecule has 1 heterocycles. The van der Waals surface area contributed by atoms with Crippen molar-refractivity contribution in [1.82, 2.24) is 4.90 Å². The van der Waals surface area contributed by atoms with E-state index in [1.807, 2.05) is 4.90 Å². The highest BCUT2D eigenvalue weighted by Crippen LogP contribution is 2.22. The van der Waals surface area contributed by atoms with E-state index in [1.165, 1.54) is 6.07 Å². The van der Waals surface area contributed by atoms with E-state index in [1.54, 1.807) is 25.3 Å². The number of hydrogen-bond acceptors (Lipinski definition) is 3. The van der Waals surface area contributed by atoms with Crippen molar-refractivity contribution in [2.75, 3.05) is 33.4 Å². The van der Waals surface area contributed by atoms with Crippen LogP contribution in [0.2, 0.25) is 0 Å². The summed E-state index contributed by atoms with van der Waals surface area (Å²) in [5.41, 5.74) is 0. The van der Waals surface area contributed by atoms with Gasteiger partial charge in [0.1, 0.15) is 0 Å². The predicted octanol–water partition coefficient (Wildman–Crippen LogP) is 2.48. The van der Waals surface area contributed by atoms with Gasteiger partial charge in [-0.2, -0.15) is 0 Å². The fourth-order valence-corrected chi connectivity index (χ4v) is 2.54. The standard InChI is InChI=1S/C16H22FNO3/c1-20-10-8-16(19)18-9-6-13(12-18)7-11-21-15-5-3-2-4-14(15)17/h2-5,13H,6-12H2,1H3. The Morgan fingerprint density at radius 1 is 1.38 bits per heavy atom. The van der Waals surface area contributed by atoms with Crippen LogP contribution in [-0.4, -0.2) is 44.2 Å². The van der Waals surface area contributed by atoms with Crippen LogP contribution in [0.4, 0.5) is 4.39 Å². The molecule has 0 radical (unpaired) electrons. The molecule has 1 amide bonds. The number of carbonyl (C=O) groups is 1. The third-order valence-electron chi connectivity index (χ3n) is 3.78. The molecule has 1 aromatic rings. The van der Waals surface area contributed by atoms with Crippen molar-refractivity contribution in [2.24, 2.45) is 5.92 Å². The quantitative estimate of drug-likeness (QED) is 0.775. The van der Waals surface area contributed by atoms with Crippen LogP contribution in [0.5, 0.6) is 5.75 Å². The summed E-state index contributed by atoms with van der Waals surface area (Å²) in [6.45, 7) is 2.51. The molecular formula is C16H22FNO3. The van der Waals surface area contributed by atoms with Gasteiger partial charge >= 0.3 is 0 Å². The van der Waals surface area contributed by atoms with Crippen molar-refractivity contribution in [3.63, 3.8) is 0 Å². The lowest BCUT2D eigenvalue weighted by molar-refractivity contribution is -0.131. The van der Waals surface area contributed by atoms with Crippen LogP contribution < -0.4 is 4.74 Å². The van der Waals surface area contributed by atoms with Gasteiger partial charge in [-0.25, -0.2) is 4.39 Å². The average molecular weight is 295 g/mol. The van der Waals surface area contributed by atoms with Crippen molar-refractivity contribution in [2.45, 2.75) is 19.3 Å². The van der Waals surface area contributed by atoms with Gasteiger partial charge in [0.05, 0.1) is 19.6 Å². The second-order valence-electron chi connectivity index (χ2n) is 5.30. The molecule has 116 valence electrons. The zero-order valence-electron chi connectivity index (χ0n) is 12.4. The molecule has 5 heteroatoms. The molecule has 0 aromatic heterocycles. The first kappa shape index (κ1) is 15.8. The van der Waals surface area contributed by atoms with Crippen LogP contribution in [-0.2, 0) is 9.53 Å². The number of benzene rings is 1. The van der Waals surface area contributed by atoms with E-state index in [4.69, 9.17) is 9.47 Å². The number of ether oxygens (including phenoxy) is 2. The summed E-state index contributed by atoms with van der Waals surface area (Å²) in [6.07, 6.45) is 2.26. The molecule has 1 unspecified atom stereocenters. The van der Waals surface area contributed by atoms with Crippen LogP contribution in [0.25, 0.3) is 0 Å². The molecule has 1 atom stereocenters. The van der Waals surface area contributed by atoms with Gasteiger partial charge in [0, 0.05) is 20.2 Å². The number of carbonyl (C=O) groups excluding carboxylic acids is 1. The number of nitrogens with zero attached hydrogens (tertiary/aromatic N) is 1. The second-order valence-corrected chi connectivity index (χ2v) is 5.30. The molecule has 0 spiro atoms. The summed E-state index contributed by atoms with van der Waals surface area (Å²) in [6, 6.07) is 6.42. The first-order chi connectivity index (χ1) is 10.2. The van der Waals surface area contributed by atoms with Crippen molar-refractivity contribution in [3.05, 3.63) is 30.1 Å². The molecular weight excluding hydrogens is 273 g/mol. The predicted molar refractivity (Wildman–Crippen MR) is 77.7 cm³/mol. The van der Waals surface area contributed by atoms with E-state index in [-0.39, 0.29) is 11.7 Å². The van der Waals surface area contributed by atoms with Gasteiger partial charge in [-0.3, -0.25) is 4.79 Å². The first-order valence-electron chi connectivity index (χ1n) is 7.34. The second kappa shape index (κ2) is 7.98. The highest BCUT2D eigenvalue weighted by molar-refractivity contribution is 5.76. The summed E-state index contributed by atoms with van der Waals surface area (Å²) in [5.74, 6) is 0.543. The molecule has 0 saturated carbocycles. The molecule has 21 heavy (non-hydrogen) atoms. The zero-order chi connectivity index (χ0) is 15.1. The summed E-state index contributed by atoms with van der Waals surface area (Å²) in [5, 5.41) is 0. The van der Waals surface area contributed by atoms with Gasteiger partial charge in [0.2, 0.25) is 5.91 Å². The number of halogens is 1. The largest absolute Gasteiger partial charge is 0.491 e. The van der Waals surface area contributed by atoms with E-state index in [0.717, 1.165) is 25.9 Å². The normalized spacial score (nSPS) is 18.0. The van der Waals surface area contributed by atoms with Gasteiger partial charge in [0.15, 0.2) is 11.6 Å². The van der Waals surface area contributed by atoms with Crippen LogP contribution in [0.3, 0.4) is 0 Å². The summed E-state index contributed by atoms with van der Waals surface area (Å²) < 4.78 is 23.8. The monoisotopic (exact) mass is 295 g/mol. The SMILES string of the molecule is COCCC(=O)N1CCC(CCOc2ccccc2F)C1. The molecule has 0 bridgehead atoms. The fraction of sp³-hybridized carbons (Fsp3) is 0.562. The highest BCUT2D eigenvalue weighted by Gasteiger charge is 2.25. The molecule has 1 aromatic carbocycles. The number of methoxy groups -OCH3 is 1. The van der Waals surface area contributed by atoms with Gasteiger partial charge < -0.3 is 14.4 Å². The van der Waals surface area contributed by atoms with Crippen LogP contribution in [0.15, 0.2) is 24.3 Å². The Hall–Kier alpha value is -1.62. The van der Waals surface area contributed by atoms with Crippen molar-refractivity contribution >= 4 is 5.91 Å². The molecule has 0 aliphatic carbocycles. The molecule has 1 aliphatic heterocycles. The first-order valence-corrected chi connectivity index (χ1v) is 7.34. The van der Waals surface area contributed by atoms with E-state index in [2.05, 4.69) is 0 Å². The molecule has 1 fully saturated rings. The minimum atomic E-state index is -0.333. The van der Waals surface area contributed by atoms with Gasteiger partial charge in [-0.1, -0.05) is 12.1 Å². The Kier molecular flexibility index (Phi) is 5.99. The summed E-state index contributed by atoms with van der Waals surface area (Å²) in [7, 11) is 1.60. The van der Waals surface area contributed by atoms with E-state index >= 15 is 0 Å². The Bertz CT molecular complexity index is 467. The van der Waals surface area contributed by atoms with E-state index < -0.39 is 0 Å². The minimum Gasteiger partial charge on any atom is -0.491 e. The maximum Gasteiger partial charge on any atom is 0.224 e. The Morgan fingerprint density at radius 3 is 2.95 bits per heavy atom. The van der Waals surface area contributed by atoms with Crippen LogP contribution in [0.1, 0.15) is 19.3 Å². The molecule has 4 nitrogen and oxygen atoms in total. The Morgan fingerprint density at radius 2 is 2.19 bits per heavy atom. The topological polar surface area (TPSA) is 38.8 Å². The lowest BCUT2D eigenvalue weighted by Crippen LogP contribution is -2.29. The average Bonchev–Trinajstić information content (AvgIpc) is 2.96. The molecule has 1 aliphatic rings. The third-order valence-corrected chi connectivity index (χ3v) is 3.78. The molecule has 2 rings (SSSR count). The number of rotatable bonds is 7. The smallest absolute Gasteiger partial charge is 0.224 e. The Labute approximate surface area is 124 Å². The number of amides is 1. The highest BCUT2D eigenvalue weighted by atomic mass is 19.1. The van der Waals surface area contributed by atoms with Crippen molar-refractivity contribution in [3.8, 4) is 5.75 Å². The Balaban J connectivity index is 1.69. The molecule has 0 N–H and O–H groups in total. The third kappa shape index (κ3) is 4.70. The summed E-state index contributed by atoms with van der Waals surface area (Å²) >= 11 is 0. The number of para-hydroxylation sites is 1. The van der Waals surface area contributed by atoms with Crippen molar-refractivity contribution in [1.29, 1.82) is 0 Å². The zero-order valence-corrected chi connectivity index (χ0v) is 12.4. The van der Waals surface area contributed by atoms with Gasteiger partial charge in [0.25, 0.3) is 0 Å². The fourth-order valence-electron chi connectivity index (χ4n) is 2.54. The lowest BCUT2D eigenvalue weighted by atomic mass is 10.1. The van der Waals surface area contributed by atoms with Gasteiger partial charge in [-0.05, 0) is 30.9 Å². The molecule has 1 saturated heterocycles. The number of hydrogen-bond donors (Lipinski definition) is 0. The van der Waals surface area contributed by atoms with E-state index in [9.17, 15) is 9.18 Å². The van der Waals surface area contributed by atoms with E-state index in [0.29, 0.717) is 31.3 Å². The lowest BCUT2D eigenvalue weighted by Gasteiger charge is -2.16. The van der Waals surface area contributed by atoms with Crippen molar-refractivity contribution < 1.29 is 18.7 Å². The maximum absolute atomic E-state index is 13.4. The maximum atomic E-state index is 13.4. The minimum absolute atomic E-state index is 0.148. The summed E-state index contributed by atoms with van der Waals surface area (Å²) in [4.78, 5) is 13.7. The van der Waals surface area contributed by atoms with Crippen LogP contribution >= 0.6 is 0 Å². The van der Waals surface area contributed by atoms with Gasteiger partial charge in [-0.15, -0.1) is 0 Å².